The molecular formula is C20H17ClN2O2. The molecule has 1 aliphatic heterocycles. The van der Waals surface area contributed by atoms with Gasteiger partial charge in [-0.25, -0.2) is 0 Å². The zero-order valence-corrected chi connectivity index (χ0v) is 14.5. The van der Waals surface area contributed by atoms with Gasteiger partial charge in [0.05, 0.1) is 17.8 Å². The molecule has 0 saturated carbocycles. The zero-order valence-electron chi connectivity index (χ0n) is 13.7. The Morgan fingerprint density at radius 3 is 2.76 bits per heavy atom. The summed E-state index contributed by atoms with van der Waals surface area (Å²) in [6.45, 7) is 2.39. The minimum absolute atomic E-state index is 0.0283. The van der Waals surface area contributed by atoms with Gasteiger partial charge in [0, 0.05) is 22.0 Å². The highest BCUT2D eigenvalue weighted by molar-refractivity contribution is 6.32. The maximum absolute atomic E-state index is 12.5. The number of aromatic nitrogens is 1. The third kappa shape index (κ3) is 2.95. The van der Waals surface area contributed by atoms with E-state index in [0.717, 1.165) is 27.7 Å². The topological polar surface area (TPSA) is 43.3 Å². The second kappa shape index (κ2) is 6.39. The van der Waals surface area contributed by atoms with Crippen molar-refractivity contribution in [2.75, 3.05) is 0 Å². The standard InChI is InChI=1S/C20H17ClN2O2/c1-13-10-20(24)23(19-9-5-3-6-15(13)19)12-14-11-18(22-25-14)16-7-2-4-8-17(16)21/h2-11,14,22H,12H2,1H3/t14-/m0/s1. The van der Waals surface area contributed by atoms with Crippen molar-refractivity contribution < 1.29 is 4.84 Å². The van der Waals surface area contributed by atoms with E-state index < -0.39 is 0 Å². The average Bonchev–Trinajstić information content (AvgIpc) is 3.07. The fourth-order valence-electron chi connectivity index (χ4n) is 3.18. The monoisotopic (exact) mass is 352 g/mol. The van der Waals surface area contributed by atoms with E-state index in [1.807, 2.05) is 61.5 Å². The first-order valence-electron chi connectivity index (χ1n) is 8.11. The van der Waals surface area contributed by atoms with Crippen LogP contribution in [0.15, 0.2) is 65.5 Å². The average molecular weight is 353 g/mol. The lowest BCUT2D eigenvalue weighted by molar-refractivity contribution is 0.0419. The van der Waals surface area contributed by atoms with E-state index in [1.54, 1.807) is 10.6 Å². The first kappa shape index (κ1) is 15.9. The molecule has 0 unspecified atom stereocenters. The lowest BCUT2D eigenvalue weighted by Crippen LogP contribution is -2.27. The molecule has 25 heavy (non-hydrogen) atoms. The van der Waals surface area contributed by atoms with E-state index in [4.69, 9.17) is 16.4 Å². The van der Waals surface area contributed by atoms with Gasteiger partial charge in [0.1, 0.15) is 6.10 Å². The van der Waals surface area contributed by atoms with Crippen LogP contribution < -0.4 is 11.0 Å². The van der Waals surface area contributed by atoms with Crippen LogP contribution in [0.4, 0.5) is 0 Å². The summed E-state index contributed by atoms with van der Waals surface area (Å²) in [6.07, 6.45) is 1.71. The molecule has 2 aromatic carbocycles. The molecule has 0 spiro atoms. The lowest BCUT2D eigenvalue weighted by Gasteiger charge is -2.14. The highest BCUT2D eigenvalue weighted by Gasteiger charge is 2.20. The Balaban J connectivity index is 1.69. The predicted octanol–water partition coefficient (Wildman–Crippen LogP) is 3.91. The molecule has 4 rings (SSSR count). The highest BCUT2D eigenvalue weighted by Crippen LogP contribution is 2.26. The lowest BCUT2D eigenvalue weighted by atomic mass is 10.1. The van der Waals surface area contributed by atoms with Crippen LogP contribution in [0, 0.1) is 6.92 Å². The number of fused-ring (bicyclic) bond motifs is 1. The van der Waals surface area contributed by atoms with E-state index in [9.17, 15) is 4.79 Å². The van der Waals surface area contributed by atoms with Crippen molar-refractivity contribution in [3.63, 3.8) is 0 Å². The van der Waals surface area contributed by atoms with E-state index >= 15 is 0 Å². The molecule has 0 aliphatic carbocycles. The van der Waals surface area contributed by atoms with Crippen LogP contribution in [0.5, 0.6) is 0 Å². The highest BCUT2D eigenvalue weighted by atomic mass is 35.5. The van der Waals surface area contributed by atoms with Crippen molar-refractivity contribution in [2.24, 2.45) is 0 Å². The second-order valence-electron chi connectivity index (χ2n) is 6.11. The largest absolute Gasteiger partial charge is 0.305 e. The van der Waals surface area contributed by atoms with Crippen LogP contribution in [0.25, 0.3) is 16.6 Å². The van der Waals surface area contributed by atoms with E-state index in [1.165, 1.54) is 0 Å². The first-order chi connectivity index (χ1) is 12.1. The summed E-state index contributed by atoms with van der Waals surface area (Å²) in [5.41, 5.74) is 6.49. The number of hydroxylamine groups is 1. The summed E-state index contributed by atoms with van der Waals surface area (Å²) in [6, 6.07) is 17.2. The second-order valence-corrected chi connectivity index (χ2v) is 6.52. The third-order valence-corrected chi connectivity index (χ3v) is 4.75. The summed E-state index contributed by atoms with van der Waals surface area (Å²) < 4.78 is 1.75. The smallest absolute Gasteiger partial charge is 0.251 e. The molecular weight excluding hydrogens is 336 g/mol. The van der Waals surface area contributed by atoms with Gasteiger partial charge in [0.25, 0.3) is 5.56 Å². The van der Waals surface area contributed by atoms with Crippen molar-refractivity contribution >= 4 is 28.2 Å². The number of hydrogen-bond donors (Lipinski definition) is 1. The number of nitrogens with zero attached hydrogens (tertiary/aromatic N) is 1. The number of para-hydroxylation sites is 1. The van der Waals surface area contributed by atoms with Crippen LogP contribution in [-0.4, -0.2) is 10.7 Å². The molecule has 0 amide bonds. The molecule has 3 aromatic rings. The molecule has 126 valence electrons. The first-order valence-corrected chi connectivity index (χ1v) is 8.49. The van der Waals surface area contributed by atoms with E-state index in [-0.39, 0.29) is 11.7 Å². The maximum atomic E-state index is 12.5. The number of hydrogen-bond acceptors (Lipinski definition) is 3. The number of halogens is 1. The van der Waals surface area contributed by atoms with Gasteiger partial charge in [0.2, 0.25) is 0 Å². The molecule has 5 heteroatoms. The minimum Gasteiger partial charge on any atom is -0.305 e. The van der Waals surface area contributed by atoms with E-state index in [0.29, 0.717) is 11.6 Å². The Bertz CT molecular complexity index is 1040. The Kier molecular flexibility index (Phi) is 4.07. The Morgan fingerprint density at radius 1 is 1.16 bits per heavy atom. The van der Waals surface area contributed by atoms with Crippen LogP contribution in [0.1, 0.15) is 11.1 Å². The third-order valence-electron chi connectivity index (χ3n) is 4.43. The molecule has 1 aliphatic rings. The number of nitrogens with one attached hydrogen (secondary N) is 1. The number of rotatable bonds is 3. The van der Waals surface area contributed by atoms with Gasteiger partial charge in [0.15, 0.2) is 0 Å². The summed E-state index contributed by atoms with van der Waals surface area (Å²) >= 11 is 6.24. The van der Waals surface area contributed by atoms with Crippen molar-refractivity contribution in [3.05, 3.63) is 87.2 Å². The van der Waals surface area contributed by atoms with Crippen LogP contribution >= 0.6 is 11.6 Å². The fraction of sp³-hybridized carbons (Fsp3) is 0.150. The molecule has 0 saturated heterocycles. The zero-order chi connectivity index (χ0) is 17.4. The normalized spacial score (nSPS) is 16.7. The van der Waals surface area contributed by atoms with Crippen molar-refractivity contribution in [1.29, 1.82) is 0 Å². The SMILES string of the molecule is Cc1cc(=O)n(C[C@@H]2C=C(c3ccccc3Cl)NO2)c2ccccc12. The minimum atomic E-state index is -0.255. The Hall–Kier alpha value is -2.56. The van der Waals surface area contributed by atoms with Gasteiger partial charge in [-0.1, -0.05) is 48.0 Å². The number of aryl methyl sites for hydroxylation is 1. The molecule has 1 N–H and O–H groups in total. The molecule has 0 bridgehead atoms. The van der Waals surface area contributed by atoms with Crippen LogP contribution in [-0.2, 0) is 11.4 Å². The summed E-state index contributed by atoms with van der Waals surface area (Å²) in [7, 11) is 0. The van der Waals surface area contributed by atoms with E-state index in [2.05, 4.69) is 5.48 Å². The van der Waals surface area contributed by atoms with Gasteiger partial charge in [-0.3, -0.25) is 15.1 Å². The molecule has 1 aromatic heterocycles. The number of benzene rings is 2. The van der Waals surface area contributed by atoms with Crippen molar-refractivity contribution in [1.82, 2.24) is 10.0 Å². The summed E-state index contributed by atoms with van der Waals surface area (Å²) in [5.74, 6) is 0. The van der Waals surface area contributed by atoms with Gasteiger partial charge in [-0.2, -0.15) is 0 Å². The van der Waals surface area contributed by atoms with Gasteiger partial charge < -0.3 is 4.57 Å². The van der Waals surface area contributed by atoms with Gasteiger partial charge in [-0.05, 0) is 30.7 Å². The van der Waals surface area contributed by atoms with Gasteiger partial charge in [-0.15, -0.1) is 0 Å². The van der Waals surface area contributed by atoms with Crippen LogP contribution in [0.3, 0.4) is 0 Å². The van der Waals surface area contributed by atoms with Crippen LogP contribution in [0.2, 0.25) is 5.02 Å². The Morgan fingerprint density at radius 2 is 1.92 bits per heavy atom. The molecule has 1 atom stereocenters. The van der Waals surface area contributed by atoms with Crippen molar-refractivity contribution in [3.8, 4) is 0 Å². The molecule has 4 nitrogen and oxygen atoms in total. The van der Waals surface area contributed by atoms with Gasteiger partial charge >= 0.3 is 0 Å². The predicted molar refractivity (Wildman–Crippen MR) is 100 cm³/mol. The summed E-state index contributed by atoms with van der Waals surface area (Å²) in [4.78, 5) is 18.1. The summed E-state index contributed by atoms with van der Waals surface area (Å²) in [5, 5.41) is 1.73. The molecule has 0 radical (unpaired) electrons. The quantitative estimate of drug-likeness (QED) is 0.777. The fourth-order valence-corrected chi connectivity index (χ4v) is 3.42. The van der Waals surface area contributed by atoms with Crippen molar-refractivity contribution in [2.45, 2.75) is 19.6 Å². The maximum Gasteiger partial charge on any atom is 0.251 e. The molecule has 0 fully saturated rings. The molecule has 2 heterocycles. The number of pyridine rings is 1. The Labute approximate surface area is 150 Å².